The zero-order chi connectivity index (χ0) is 20.8. The van der Waals surface area contributed by atoms with Crippen LogP contribution in [0.25, 0.3) is 0 Å². The Morgan fingerprint density at radius 1 is 0.833 bits per heavy atom. The highest BCUT2D eigenvalue weighted by Crippen LogP contribution is 2.32. The highest BCUT2D eigenvalue weighted by Gasteiger charge is 2.31. The maximum absolute atomic E-state index is 5.54. The van der Waals surface area contributed by atoms with E-state index in [2.05, 4.69) is 32.8 Å². The lowest BCUT2D eigenvalue weighted by Crippen LogP contribution is -2.63. The van der Waals surface area contributed by atoms with Gasteiger partial charge in [-0.1, -0.05) is 0 Å². The van der Waals surface area contributed by atoms with Crippen molar-refractivity contribution in [1.29, 1.82) is 0 Å². The number of hydrogen-bond acceptors (Lipinski definition) is 6. The molecule has 2 saturated carbocycles. The lowest BCUT2D eigenvalue weighted by atomic mass is 9.78. The molecule has 6 nitrogen and oxygen atoms in total. The Bertz CT molecular complexity index is 474. The third kappa shape index (κ3) is 6.63. The van der Waals surface area contributed by atoms with Gasteiger partial charge < -0.3 is 14.5 Å². The fraction of sp³-hybridized carbons (Fsp3) is 1.00. The van der Waals surface area contributed by atoms with Crippen molar-refractivity contribution in [3.05, 3.63) is 0 Å². The SMILES string of the molecule is COC1CCC(C2CNC(NC3CCC(CCN4CCN(C)CC4)CC3)NC2)CC1. The monoisotopic (exact) mass is 421 g/mol. The van der Waals surface area contributed by atoms with Crippen molar-refractivity contribution in [1.82, 2.24) is 25.8 Å². The summed E-state index contributed by atoms with van der Waals surface area (Å²) in [4.78, 5) is 5.13. The van der Waals surface area contributed by atoms with Gasteiger partial charge in [-0.2, -0.15) is 0 Å². The molecular weight excluding hydrogens is 374 g/mol. The Balaban J connectivity index is 1.07. The quantitative estimate of drug-likeness (QED) is 0.585. The molecule has 0 spiro atoms. The van der Waals surface area contributed by atoms with E-state index in [9.17, 15) is 0 Å². The van der Waals surface area contributed by atoms with Crippen molar-refractivity contribution in [2.24, 2.45) is 17.8 Å². The predicted octanol–water partition coefficient (Wildman–Crippen LogP) is 2.07. The molecule has 0 unspecified atom stereocenters. The smallest absolute Gasteiger partial charge is 0.112 e. The van der Waals surface area contributed by atoms with Crippen molar-refractivity contribution >= 4 is 0 Å². The van der Waals surface area contributed by atoms with Gasteiger partial charge in [0, 0.05) is 52.4 Å². The molecule has 6 heteroatoms. The molecule has 0 aromatic rings. The van der Waals surface area contributed by atoms with Gasteiger partial charge in [0.2, 0.25) is 0 Å². The van der Waals surface area contributed by atoms with Crippen LogP contribution in [-0.4, -0.2) is 88.2 Å². The highest BCUT2D eigenvalue weighted by atomic mass is 16.5. The average molecular weight is 422 g/mol. The molecule has 0 aromatic heterocycles. The second kappa shape index (κ2) is 11.6. The van der Waals surface area contributed by atoms with Crippen LogP contribution in [0.1, 0.15) is 57.8 Å². The molecule has 4 fully saturated rings. The summed E-state index contributed by atoms with van der Waals surface area (Å²) in [6.45, 7) is 8.65. The van der Waals surface area contributed by atoms with Crippen LogP contribution < -0.4 is 16.0 Å². The second-order valence-corrected chi connectivity index (χ2v) is 10.6. The third-order valence-electron chi connectivity index (χ3n) is 8.59. The Morgan fingerprint density at radius 3 is 2.13 bits per heavy atom. The summed E-state index contributed by atoms with van der Waals surface area (Å²) in [5.41, 5.74) is 0. The lowest BCUT2D eigenvalue weighted by Gasteiger charge is -2.40. The Hall–Kier alpha value is -0.240. The van der Waals surface area contributed by atoms with E-state index in [0.717, 1.165) is 30.8 Å². The first-order chi connectivity index (χ1) is 14.7. The number of nitrogens with zero attached hydrogens (tertiary/aromatic N) is 2. The number of rotatable bonds is 7. The van der Waals surface area contributed by atoms with Crippen LogP contribution in [0.5, 0.6) is 0 Å². The first kappa shape index (κ1) is 22.9. The van der Waals surface area contributed by atoms with Crippen LogP contribution in [0.15, 0.2) is 0 Å². The summed E-state index contributed by atoms with van der Waals surface area (Å²) in [6.07, 6.45) is 12.9. The van der Waals surface area contributed by atoms with Gasteiger partial charge in [-0.3, -0.25) is 16.0 Å². The van der Waals surface area contributed by atoms with Gasteiger partial charge in [-0.25, -0.2) is 0 Å². The summed E-state index contributed by atoms with van der Waals surface area (Å²) in [7, 11) is 4.11. The first-order valence-corrected chi connectivity index (χ1v) is 12.9. The van der Waals surface area contributed by atoms with Crippen molar-refractivity contribution < 1.29 is 4.74 Å². The van der Waals surface area contributed by atoms with E-state index in [1.54, 1.807) is 0 Å². The van der Waals surface area contributed by atoms with Crippen LogP contribution in [0, 0.1) is 17.8 Å². The lowest BCUT2D eigenvalue weighted by molar-refractivity contribution is 0.0413. The molecule has 2 aliphatic carbocycles. The second-order valence-electron chi connectivity index (χ2n) is 10.6. The summed E-state index contributed by atoms with van der Waals surface area (Å²) in [6, 6.07) is 0.684. The largest absolute Gasteiger partial charge is 0.381 e. The van der Waals surface area contributed by atoms with E-state index in [1.807, 2.05) is 7.11 Å². The van der Waals surface area contributed by atoms with Crippen LogP contribution in [-0.2, 0) is 4.74 Å². The molecule has 30 heavy (non-hydrogen) atoms. The molecule has 4 rings (SSSR count). The molecule has 174 valence electrons. The van der Waals surface area contributed by atoms with Gasteiger partial charge in [0.05, 0.1) is 6.10 Å². The Labute approximate surface area is 184 Å². The van der Waals surface area contributed by atoms with Crippen LogP contribution in [0.4, 0.5) is 0 Å². The Kier molecular flexibility index (Phi) is 8.85. The summed E-state index contributed by atoms with van der Waals surface area (Å²) >= 11 is 0. The fourth-order valence-corrected chi connectivity index (χ4v) is 6.22. The number of nitrogens with one attached hydrogen (secondary N) is 3. The zero-order valence-electron chi connectivity index (χ0n) is 19.6. The topological polar surface area (TPSA) is 51.8 Å². The van der Waals surface area contributed by atoms with Crippen LogP contribution in [0.2, 0.25) is 0 Å². The van der Waals surface area contributed by atoms with Crippen LogP contribution >= 0.6 is 0 Å². The van der Waals surface area contributed by atoms with Gasteiger partial charge >= 0.3 is 0 Å². The van der Waals surface area contributed by atoms with E-state index in [1.165, 1.54) is 90.5 Å². The number of methoxy groups -OCH3 is 1. The van der Waals surface area contributed by atoms with E-state index < -0.39 is 0 Å². The van der Waals surface area contributed by atoms with Crippen molar-refractivity contribution in [2.45, 2.75) is 76.2 Å². The minimum atomic E-state index is 0.309. The minimum absolute atomic E-state index is 0.309. The summed E-state index contributed by atoms with van der Waals surface area (Å²) < 4.78 is 5.54. The molecule has 0 amide bonds. The summed E-state index contributed by atoms with van der Waals surface area (Å²) in [5.74, 6) is 2.60. The van der Waals surface area contributed by atoms with Crippen molar-refractivity contribution in [3.8, 4) is 0 Å². The van der Waals surface area contributed by atoms with E-state index >= 15 is 0 Å². The molecule has 0 aromatic carbocycles. The number of likely N-dealkylation sites (N-methyl/N-ethyl adjacent to an activating group) is 1. The predicted molar refractivity (Wildman–Crippen MR) is 123 cm³/mol. The van der Waals surface area contributed by atoms with Gasteiger partial charge in [0.15, 0.2) is 0 Å². The standard InChI is InChI=1S/C24H47N5O/c1-28-13-15-29(16-14-28)12-11-19-3-7-22(8-4-19)27-24-25-17-21(18-26-24)20-5-9-23(30-2)10-6-20/h19-27H,3-18H2,1-2H3. The maximum atomic E-state index is 5.54. The number of piperazine rings is 1. The first-order valence-electron chi connectivity index (χ1n) is 12.9. The molecule has 0 bridgehead atoms. The zero-order valence-corrected chi connectivity index (χ0v) is 19.6. The molecule has 2 saturated heterocycles. The van der Waals surface area contributed by atoms with E-state index in [-0.39, 0.29) is 0 Å². The molecule has 2 heterocycles. The van der Waals surface area contributed by atoms with Crippen LogP contribution in [0.3, 0.4) is 0 Å². The third-order valence-corrected chi connectivity index (χ3v) is 8.59. The molecular formula is C24H47N5O. The molecule has 4 aliphatic rings. The molecule has 2 aliphatic heterocycles. The summed E-state index contributed by atoms with van der Waals surface area (Å²) in [5, 5.41) is 11.4. The number of ether oxygens (including phenoxy) is 1. The van der Waals surface area contributed by atoms with E-state index in [0.29, 0.717) is 18.4 Å². The Morgan fingerprint density at radius 2 is 1.50 bits per heavy atom. The average Bonchev–Trinajstić information content (AvgIpc) is 2.80. The number of hydrogen-bond donors (Lipinski definition) is 3. The highest BCUT2D eigenvalue weighted by molar-refractivity contribution is 4.87. The van der Waals surface area contributed by atoms with Crippen molar-refractivity contribution in [2.75, 3.05) is 60.0 Å². The van der Waals surface area contributed by atoms with Gasteiger partial charge in [0.1, 0.15) is 6.29 Å². The van der Waals surface area contributed by atoms with Gasteiger partial charge in [-0.05, 0) is 89.1 Å². The van der Waals surface area contributed by atoms with Gasteiger partial charge in [0.25, 0.3) is 0 Å². The molecule has 0 atom stereocenters. The normalized spacial score (nSPS) is 39.8. The van der Waals surface area contributed by atoms with Gasteiger partial charge in [-0.15, -0.1) is 0 Å². The van der Waals surface area contributed by atoms with Crippen molar-refractivity contribution in [3.63, 3.8) is 0 Å². The minimum Gasteiger partial charge on any atom is -0.381 e. The molecule has 0 radical (unpaired) electrons. The van der Waals surface area contributed by atoms with E-state index in [4.69, 9.17) is 4.74 Å². The maximum Gasteiger partial charge on any atom is 0.112 e. The fourth-order valence-electron chi connectivity index (χ4n) is 6.22. The molecule has 3 N–H and O–H groups in total.